The number of amides is 1. The zero-order valence-electron chi connectivity index (χ0n) is 18.5. The maximum absolute atomic E-state index is 13.0. The Hall–Kier alpha value is -3.24. The maximum atomic E-state index is 13.0. The van der Waals surface area contributed by atoms with Crippen molar-refractivity contribution in [1.82, 2.24) is 14.4 Å². The van der Waals surface area contributed by atoms with Crippen molar-refractivity contribution in [3.05, 3.63) is 65.3 Å². The fourth-order valence-corrected chi connectivity index (χ4v) is 4.61. The molecule has 32 heavy (non-hydrogen) atoms. The number of hydrogen-bond acceptors (Lipinski definition) is 7. The van der Waals surface area contributed by atoms with Gasteiger partial charge in [-0.25, -0.2) is 8.42 Å². The van der Waals surface area contributed by atoms with E-state index in [1.54, 1.807) is 64.1 Å². The number of aryl methyl sites for hydroxylation is 2. The van der Waals surface area contributed by atoms with E-state index in [0.29, 0.717) is 41.8 Å². The summed E-state index contributed by atoms with van der Waals surface area (Å²) in [6.07, 6.45) is 0. The number of para-hydroxylation sites is 1. The van der Waals surface area contributed by atoms with Crippen molar-refractivity contribution in [3.63, 3.8) is 0 Å². The van der Waals surface area contributed by atoms with Gasteiger partial charge in [0.05, 0.1) is 10.5 Å². The van der Waals surface area contributed by atoms with Crippen LogP contribution in [-0.4, -0.2) is 41.9 Å². The molecule has 0 fully saturated rings. The van der Waals surface area contributed by atoms with E-state index in [2.05, 4.69) is 15.5 Å². The van der Waals surface area contributed by atoms with Crippen LogP contribution >= 0.6 is 0 Å². The molecule has 170 valence electrons. The van der Waals surface area contributed by atoms with E-state index in [1.807, 2.05) is 0 Å². The Balaban J connectivity index is 1.83. The minimum Gasteiger partial charge on any atom is -0.485 e. The van der Waals surface area contributed by atoms with E-state index in [1.165, 1.54) is 10.4 Å². The third kappa shape index (κ3) is 5.14. The summed E-state index contributed by atoms with van der Waals surface area (Å²) in [4.78, 5) is 17.2. The van der Waals surface area contributed by atoms with Gasteiger partial charge in [-0.3, -0.25) is 4.79 Å². The van der Waals surface area contributed by atoms with Crippen LogP contribution in [0.3, 0.4) is 0 Å². The second-order valence-electron chi connectivity index (χ2n) is 7.03. The summed E-state index contributed by atoms with van der Waals surface area (Å²) in [5.74, 6) is 0.704. The van der Waals surface area contributed by atoms with Gasteiger partial charge in [0.2, 0.25) is 21.7 Å². The molecule has 2 aromatic carbocycles. The van der Waals surface area contributed by atoms with E-state index in [4.69, 9.17) is 9.26 Å². The molecule has 0 aliphatic carbocycles. The fourth-order valence-electron chi connectivity index (χ4n) is 3.12. The van der Waals surface area contributed by atoms with Gasteiger partial charge in [-0.2, -0.15) is 9.29 Å². The normalized spacial score (nSPS) is 11.5. The Morgan fingerprint density at radius 2 is 1.84 bits per heavy atom. The summed E-state index contributed by atoms with van der Waals surface area (Å²) < 4.78 is 37.7. The van der Waals surface area contributed by atoms with Crippen molar-refractivity contribution < 1.29 is 22.5 Å². The van der Waals surface area contributed by atoms with Gasteiger partial charge in [-0.15, -0.1) is 0 Å². The van der Waals surface area contributed by atoms with E-state index in [9.17, 15) is 13.2 Å². The Labute approximate surface area is 187 Å². The van der Waals surface area contributed by atoms with Crippen LogP contribution in [0.15, 0.2) is 51.9 Å². The number of ether oxygens (including phenoxy) is 1. The predicted octanol–water partition coefficient (Wildman–Crippen LogP) is 3.55. The molecule has 1 amide bonds. The second kappa shape index (κ2) is 9.92. The van der Waals surface area contributed by atoms with Crippen molar-refractivity contribution >= 4 is 21.6 Å². The third-order valence-corrected chi connectivity index (χ3v) is 6.90. The minimum atomic E-state index is -3.65. The summed E-state index contributed by atoms with van der Waals surface area (Å²) in [5.41, 5.74) is 1.44. The monoisotopic (exact) mass is 458 g/mol. The number of anilines is 1. The number of nitrogens with one attached hydrogen (secondary N) is 1. The van der Waals surface area contributed by atoms with E-state index < -0.39 is 15.9 Å². The van der Waals surface area contributed by atoms with Crippen LogP contribution in [0.5, 0.6) is 5.75 Å². The van der Waals surface area contributed by atoms with Gasteiger partial charge < -0.3 is 14.6 Å². The molecule has 3 rings (SSSR count). The SMILES string of the molecule is CCN(CC)S(=O)(=O)c1ccc(C)c(NC(=O)c2ccccc2OCc2noc(C)n2)c1. The lowest BCUT2D eigenvalue weighted by atomic mass is 10.1. The van der Waals surface area contributed by atoms with Gasteiger partial charge in [-0.1, -0.05) is 37.2 Å². The summed E-state index contributed by atoms with van der Waals surface area (Å²) in [5, 5.41) is 6.58. The average molecular weight is 459 g/mol. The zero-order valence-corrected chi connectivity index (χ0v) is 19.3. The Morgan fingerprint density at radius 1 is 1.12 bits per heavy atom. The number of nitrogens with zero attached hydrogens (tertiary/aromatic N) is 3. The standard InChI is InChI=1S/C22H26N4O5S/c1-5-26(6-2)32(28,29)17-12-11-15(3)19(13-17)24-22(27)18-9-7-8-10-20(18)30-14-21-23-16(4)31-25-21/h7-13H,5-6,14H2,1-4H3,(H,24,27). The van der Waals surface area contributed by atoms with Crippen LogP contribution in [0.25, 0.3) is 0 Å². The van der Waals surface area contributed by atoms with Crippen LogP contribution in [0.4, 0.5) is 5.69 Å². The van der Waals surface area contributed by atoms with Gasteiger partial charge >= 0.3 is 0 Å². The number of sulfonamides is 1. The fraction of sp³-hybridized carbons (Fsp3) is 0.318. The lowest BCUT2D eigenvalue weighted by Crippen LogP contribution is -2.30. The van der Waals surface area contributed by atoms with Gasteiger partial charge in [0.25, 0.3) is 5.91 Å². The summed E-state index contributed by atoms with van der Waals surface area (Å²) in [6.45, 7) is 7.80. The second-order valence-corrected chi connectivity index (χ2v) is 8.97. The first-order chi connectivity index (χ1) is 15.3. The molecular weight excluding hydrogens is 432 g/mol. The minimum absolute atomic E-state index is 0.0399. The smallest absolute Gasteiger partial charge is 0.259 e. The molecule has 0 unspecified atom stereocenters. The topological polar surface area (TPSA) is 115 Å². The quantitative estimate of drug-likeness (QED) is 0.521. The largest absolute Gasteiger partial charge is 0.485 e. The molecule has 3 aromatic rings. The van der Waals surface area contributed by atoms with E-state index >= 15 is 0 Å². The maximum Gasteiger partial charge on any atom is 0.259 e. The van der Waals surface area contributed by atoms with Gasteiger partial charge in [0.15, 0.2) is 6.61 Å². The van der Waals surface area contributed by atoms with Crippen LogP contribution in [-0.2, 0) is 16.6 Å². The number of rotatable bonds is 9. The zero-order chi connectivity index (χ0) is 23.3. The van der Waals surface area contributed by atoms with Crippen LogP contribution < -0.4 is 10.1 Å². The summed E-state index contributed by atoms with van der Waals surface area (Å²) in [6, 6.07) is 11.4. The Morgan fingerprint density at radius 3 is 2.50 bits per heavy atom. The highest BCUT2D eigenvalue weighted by Crippen LogP contribution is 2.25. The van der Waals surface area contributed by atoms with Crippen molar-refractivity contribution in [2.45, 2.75) is 39.2 Å². The van der Waals surface area contributed by atoms with E-state index in [-0.39, 0.29) is 11.5 Å². The molecule has 0 bridgehead atoms. The van der Waals surface area contributed by atoms with E-state index in [0.717, 1.165) is 5.56 Å². The Kier molecular flexibility index (Phi) is 7.26. The Bertz CT molecular complexity index is 1200. The molecule has 1 aromatic heterocycles. The molecule has 0 saturated carbocycles. The molecule has 0 spiro atoms. The van der Waals surface area contributed by atoms with Crippen molar-refractivity contribution in [2.24, 2.45) is 0 Å². The molecule has 0 radical (unpaired) electrons. The molecule has 0 atom stereocenters. The van der Waals surface area contributed by atoms with Gasteiger partial charge in [0.1, 0.15) is 5.75 Å². The van der Waals surface area contributed by atoms with Crippen LogP contribution in [0.2, 0.25) is 0 Å². The highest BCUT2D eigenvalue weighted by atomic mass is 32.2. The lowest BCUT2D eigenvalue weighted by molar-refractivity contribution is 0.102. The number of benzene rings is 2. The predicted molar refractivity (Wildman–Crippen MR) is 119 cm³/mol. The molecule has 9 nitrogen and oxygen atoms in total. The first-order valence-corrected chi connectivity index (χ1v) is 11.6. The number of aromatic nitrogens is 2. The summed E-state index contributed by atoms with van der Waals surface area (Å²) >= 11 is 0. The van der Waals surface area contributed by atoms with Gasteiger partial charge in [0, 0.05) is 25.7 Å². The van der Waals surface area contributed by atoms with Crippen molar-refractivity contribution in [3.8, 4) is 5.75 Å². The molecule has 0 aliphatic rings. The van der Waals surface area contributed by atoms with Crippen molar-refractivity contribution in [1.29, 1.82) is 0 Å². The molecule has 0 saturated heterocycles. The lowest BCUT2D eigenvalue weighted by Gasteiger charge is -2.19. The van der Waals surface area contributed by atoms with Gasteiger partial charge in [-0.05, 0) is 36.8 Å². The van der Waals surface area contributed by atoms with Crippen LogP contribution in [0, 0.1) is 13.8 Å². The molecular formula is C22H26N4O5S. The molecule has 1 heterocycles. The third-order valence-electron chi connectivity index (χ3n) is 4.86. The number of hydrogen-bond donors (Lipinski definition) is 1. The number of carbonyl (C=O) groups is 1. The van der Waals surface area contributed by atoms with Crippen LogP contribution in [0.1, 0.15) is 41.5 Å². The summed E-state index contributed by atoms with van der Waals surface area (Å²) in [7, 11) is -3.65. The van der Waals surface area contributed by atoms with Crippen molar-refractivity contribution in [2.75, 3.05) is 18.4 Å². The molecule has 1 N–H and O–H groups in total. The average Bonchev–Trinajstić information content (AvgIpc) is 3.19. The molecule has 10 heteroatoms. The highest BCUT2D eigenvalue weighted by molar-refractivity contribution is 7.89. The first-order valence-electron chi connectivity index (χ1n) is 10.2. The number of carbonyl (C=O) groups excluding carboxylic acids is 1. The molecule has 0 aliphatic heterocycles. The highest BCUT2D eigenvalue weighted by Gasteiger charge is 2.23. The first kappa shape index (κ1) is 23.4.